The van der Waals surface area contributed by atoms with E-state index in [4.69, 9.17) is 10.00 Å². The van der Waals surface area contributed by atoms with Crippen LogP contribution in [-0.4, -0.2) is 35.6 Å². The van der Waals surface area contributed by atoms with Crippen LogP contribution in [0.4, 0.5) is 13.6 Å². The van der Waals surface area contributed by atoms with Gasteiger partial charge >= 0.3 is 6.09 Å². The van der Waals surface area contributed by atoms with Gasteiger partial charge in [-0.15, -0.1) is 0 Å². The van der Waals surface area contributed by atoms with Crippen LogP contribution in [-0.2, 0) is 4.74 Å². The number of nitriles is 1. The van der Waals surface area contributed by atoms with Crippen molar-refractivity contribution in [3.8, 4) is 6.07 Å². The Balaban J connectivity index is 2.66. The highest BCUT2D eigenvalue weighted by molar-refractivity contribution is 5.68. The molecule has 6 heteroatoms. The van der Waals surface area contributed by atoms with Crippen molar-refractivity contribution in [3.63, 3.8) is 0 Å². The first-order valence-corrected chi connectivity index (χ1v) is 5.41. The third-order valence-electron chi connectivity index (χ3n) is 2.41. The average Bonchev–Trinajstić information content (AvgIpc) is 2.13. The van der Waals surface area contributed by atoms with Crippen molar-refractivity contribution < 1.29 is 18.3 Å². The third kappa shape index (κ3) is 3.55. The summed E-state index contributed by atoms with van der Waals surface area (Å²) < 4.78 is 31.9. The molecule has 1 amide bonds. The predicted molar refractivity (Wildman–Crippen MR) is 56.5 cm³/mol. The van der Waals surface area contributed by atoms with Crippen LogP contribution in [0, 0.1) is 17.2 Å². The highest BCUT2D eigenvalue weighted by Crippen LogP contribution is 2.32. The van der Waals surface area contributed by atoms with Gasteiger partial charge in [0.1, 0.15) is 11.5 Å². The van der Waals surface area contributed by atoms with E-state index in [0.717, 1.165) is 4.90 Å². The molecule has 17 heavy (non-hydrogen) atoms. The molecular weight excluding hydrogens is 230 g/mol. The summed E-state index contributed by atoms with van der Waals surface area (Å²) in [7, 11) is 0. The Hall–Kier alpha value is -1.38. The lowest BCUT2D eigenvalue weighted by Crippen LogP contribution is -2.51. The number of carbonyl (C=O) groups excluding carboxylic acids is 1. The van der Waals surface area contributed by atoms with Gasteiger partial charge in [0.15, 0.2) is 0 Å². The number of likely N-dealkylation sites (tertiary alicyclic amines) is 1. The zero-order valence-electron chi connectivity index (χ0n) is 10.2. The largest absolute Gasteiger partial charge is 0.444 e. The molecule has 0 spiro atoms. The molecule has 4 nitrogen and oxygen atoms in total. The van der Waals surface area contributed by atoms with Crippen LogP contribution in [0.15, 0.2) is 0 Å². The molecule has 1 aliphatic heterocycles. The van der Waals surface area contributed by atoms with Gasteiger partial charge in [0.25, 0.3) is 5.92 Å². The molecule has 0 saturated carbocycles. The van der Waals surface area contributed by atoms with Gasteiger partial charge in [-0.3, -0.25) is 0 Å². The first-order chi connectivity index (χ1) is 7.65. The zero-order chi connectivity index (χ0) is 13.3. The number of piperidine rings is 1. The summed E-state index contributed by atoms with van der Waals surface area (Å²) in [5.74, 6) is -4.48. The van der Waals surface area contributed by atoms with Gasteiger partial charge in [0.2, 0.25) is 0 Å². The number of alkyl halides is 2. The van der Waals surface area contributed by atoms with Crippen LogP contribution < -0.4 is 0 Å². The summed E-state index contributed by atoms with van der Waals surface area (Å²) in [5.41, 5.74) is -0.710. The molecular formula is C11H16F2N2O2. The van der Waals surface area contributed by atoms with E-state index in [0.29, 0.717) is 0 Å². The molecule has 0 N–H and O–H groups in total. The van der Waals surface area contributed by atoms with E-state index in [1.807, 2.05) is 0 Å². The second-order valence-electron chi connectivity index (χ2n) is 5.13. The summed E-state index contributed by atoms with van der Waals surface area (Å²) in [6.07, 6.45) is -0.781. The van der Waals surface area contributed by atoms with Gasteiger partial charge < -0.3 is 9.64 Å². The van der Waals surface area contributed by atoms with E-state index < -0.39 is 30.1 Å². The Morgan fingerprint density at radius 2 is 2.12 bits per heavy atom. The average molecular weight is 246 g/mol. The van der Waals surface area contributed by atoms with Crippen molar-refractivity contribution in [2.75, 3.05) is 13.1 Å². The maximum atomic E-state index is 13.4. The normalized spacial score (nSPS) is 24.0. The first-order valence-electron chi connectivity index (χ1n) is 5.41. The fourth-order valence-corrected chi connectivity index (χ4v) is 1.58. The predicted octanol–water partition coefficient (Wildman–Crippen LogP) is 2.40. The van der Waals surface area contributed by atoms with Gasteiger partial charge in [-0.1, -0.05) is 0 Å². The van der Waals surface area contributed by atoms with Crippen LogP contribution in [0.25, 0.3) is 0 Å². The van der Waals surface area contributed by atoms with Crippen molar-refractivity contribution in [1.29, 1.82) is 5.26 Å². The second kappa shape index (κ2) is 4.47. The molecule has 1 aliphatic rings. The zero-order valence-corrected chi connectivity index (χ0v) is 10.2. The third-order valence-corrected chi connectivity index (χ3v) is 2.41. The van der Waals surface area contributed by atoms with Crippen LogP contribution >= 0.6 is 0 Å². The molecule has 0 bridgehead atoms. The lowest BCUT2D eigenvalue weighted by atomic mass is 9.95. The molecule has 1 atom stereocenters. The molecule has 1 rings (SSSR count). The smallest absolute Gasteiger partial charge is 0.410 e. The van der Waals surface area contributed by atoms with E-state index in [2.05, 4.69) is 0 Å². The molecule has 0 aromatic heterocycles. The number of hydrogen-bond acceptors (Lipinski definition) is 3. The Kier molecular flexibility index (Phi) is 3.60. The Bertz CT molecular complexity index is 344. The number of carbonyl (C=O) groups is 1. The minimum Gasteiger partial charge on any atom is -0.444 e. The van der Waals surface area contributed by atoms with E-state index in [1.54, 1.807) is 26.8 Å². The van der Waals surface area contributed by atoms with Gasteiger partial charge in [0.05, 0.1) is 12.6 Å². The molecule has 0 aliphatic carbocycles. The van der Waals surface area contributed by atoms with Gasteiger partial charge in [0, 0.05) is 6.54 Å². The Morgan fingerprint density at radius 3 is 2.53 bits per heavy atom. The lowest BCUT2D eigenvalue weighted by molar-refractivity contribution is -0.0929. The van der Waals surface area contributed by atoms with Crippen LogP contribution in [0.5, 0.6) is 0 Å². The number of ether oxygens (including phenoxy) is 1. The molecule has 0 aromatic carbocycles. The first kappa shape index (κ1) is 13.7. The number of hydrogen-bond donors (Lipinski definition) is 0. The monoisotopic (exact) mass is 246 g/mol. The van der Waals surface area contributed by atoms with Crippen molar-refractivity contribution in [3.05, 3.63) is 0 Å². The number of amides is 1. The van der Waals surface area contributed by atoms with Crippen LogP contribution in [0.2, 0.25) is 0 Å². The molecule has 1 heterocycles. The van der Waals surface area contributed by atoms with E-state index in [1.165, 1.54) is 0 Å². The number of rotatable bonds is 0. The van der Waals surface area contributed by atoms with Crippen LogP contribution in [0.3, 0.4) is 0 Å². The van der Waals surface area contributed by atoms with Gasteiger partial charge in [-0.2, -0.15) is 5.26 Å². The van der Waals surface area contributed by atoms with E-state index in [9.17, 15) is 13.6 Å². The van der Waals surface area contributed by atoms with Gasteiger partial charge in [-0.25, -0.2) is 13.6 Å². The molecule has 0 unspecified atom stereocenters. The maximum absolute atomic E-state index is 13.4. The fraction of sp³-hybridized carbons (Fsp3) is 0.818. The quantitative estimate of drug-likeness (QED) is 0.659. The summed E-state index contributed by atoms with van der Waals surface area (Å²) in [6, 6.07) is 1.57. The molecule has 96 valence electrons. The van der Waals surface area contributed by atoms with Gasteiger partial charge in [-0.05, 0) is 27.2 Å². The topological polar surface area (TPSA) is 53.3 Å². The highest BCUT2D eigenvalue weighted by Gasteiger charge is 2.46. The lowest BCUT2D eigenvalue weighted by Gasteiger charge is -2.36. The molecule has 1 fully saturated rings. The Labute approximate surface area is 99.1 Å². The van der Waals surface area contributed by atoms with Crippen molar-refractivity contribution in [1.82, 2.24) is 4.90 Å². The standard InChI is InChI=1S/C11H16F2N2O2/c1-10(2,3)17-9(16)15-5-4-8(6-14)11(12,13)7-15/h8H,4-5,7H2,1-3H3/t8-/m0/s1. The second-order valence-corrected chi connectivity index (χ2v) is 5.13. The number of nitrogens with zero attached hydrogens (tertiary/aromatic N) is 2. The van der Waals surface area contributed by atoms with E-state index in [-0.39, 0.29) is 13.0 Å². The van der Waals surface area contributed by atoms with Crippen LogP contribution in [0.1, 0.15) is 27.2 Å². The van der Waals surface area contributed by atoms with E-state index >= 15 is 0 Å². The molecule has 1 saturated heterocycles. The maximum Gasteiger partial charge on any atom is 0.410 e. The van der Waals surface area contributed by atoms with Crippen molar-refractivity contribution in [2.24, 2.45) is 5.92 Å². The minimum absolute atomic E-state index is 0.0251. The molecule has 0 radical (unpaired) electrons. The Morgan fingerprint density at radius 1 is 1.53 bits per heavy atom. The minimum atomic E-state index is -3.16. The SMILES string of the molecule is CC(C)(C)OC(=O)N1CC[C@@H](C#N)C(F)(F)C1. The summed E-state index contributed by atoms with van der Waals surface area (Å²) >= 11 is 0. The highest BCUT2D eigenvalue weighted by atomic mass is 19.3. The fourth-order valence-electron chi connectivity index (χ4n) is 1.58. The molecule has 0 aromatic rings. The summed E-state index contributed by atoms with van der Waals surface area (Å²) in [6.45, 7) is 4.39. The summed E-state index contributed by atoms with van der Waals surface area (Å²) in [5, 5.41) is 8.57. The number of halogens is 2. The summed E-state index contributed by atoms with van der Waals surface area (Å²) in [4.78, 5) is 12.5. The van der Waals surface area contributed by atoms with Crippen molar-refractivity contribution in [2.45, 2.75) is 38.7 Å². The van der Waals surface area contributed by atoms with Crippen molar-refractivity contribution >= 4 is 6.09 Å².